The summed E-state index contributed by atoms with van der Waals surface area (Å²) in [6.45, 7) is 16.6. The van der Waals surface area contributed by atoms with Crippen molar-refractivity contribution in [3.05, 3.63) is 107 Å². The minimum Gasteiger partial charge on any atom is -0.270 e. The Hall–Kier alpha value is -3.51. The summed E-state index contributed by atoms with van der Waals surface area (Å²) in [6.07, 6.45) is 20.4. The van der Waals surface area contributed by atoms with Gasteiger partial charge >= 0.3 is 0 Å². The van der Waals surface area contributed by atoms with Crippen LogP contribution in [0.15, 0.2) is 122 Å². The quantitative estimate of drug-likeness (QED) is 0.188. The van der Waals surface area contributed by atoms with Crippen LogP contribution in [-0.4, -0.2) is 24.9 Å². The Bertz CT molecular complexity index is 1150. The summed E-state index contributed by atoms with van der Waals surface area (Å²) in [5, 5.41) is 0. The number of hydrogen-bond acceptors (Lipinski definition) is 1. The summed E-state index contributed by atoms with van der Waals surface area (Å²) in [4.78, 5) is 14.1. The number of amidine groups is 2. The van der Waals surface area contributed by atoms with Gasteiger partial charge in [-0.3, -0.25) is 4.99 Å². The molecule has 3 heteroatoms. The van der Waals surface area contributed by atoms with Gasteiger partial charge in [0.05, 0.1) is 0 Å². The highest BCUT2D eigenvalue weighted by Gasteiger charge is 2.38. The van der Waals surface area contributed by atoms with E-state index in [0.717, 1.165) is 29.6 Å². The molecule has 3 aliphatic rings. The third-order valence-electron chi connectivity index (χ3n) is 5.96. The van der Waals surface area contributed by atoms with Gasteiger partial charge in [-0.25, -0.2) is 9.98 Å². The van der Waals surface area contributed by atoms with Gasteiger partial charge in [-0.1, -0.05) is 37.6 Å². The second-order valence-corrected chi connectivity index (χ2v) is 8.12. The zero-order chi connectivity index (χ0) is 24.4. The molecule has 3 aliphatic carbocycles. The van der Waals surface area contributed by atoms with Crippen molar-refractivity contribution in [1.82, 2.24) is 0 Å². The van der Waals surface area contributed by atoms with Crippen LogP contribution in [0.5, 0.6) is 0 Å². The van der Waals surface area contributed by atoms with E-state index in [1.165, 1.54) is 16.7 Å². The Morgan fingerprint density at radius 2 is 1.94 bits per heavy atom. The molecule has 0 aromatic carbocycles. The van der Waals surface area contributed by atoms with Crippen LogP contribution in [0.4, 0.5) is 0 Å². The van der Waals surface area contributed by atoms with Gasteiger partial charge in [0.15, 0.2) is 11.7 Å². The lowest BCUT2D eigenvalue weighted by Crippen LogP contribution is -2.13. The number of hydrogen-bond donors (Lipinski definition) is 0. The largest absolute Gasteiger partial charge is 0.270 e. The second-order valence-electron chi connectivity index (χ2n) is 8.12. The topological polar surface area (TPSA) is 37.1 Å². The molecule has 0 bridgehead atoms. The highest BCUT2D eigenvalue weighted by atomic mass is 15.0. The van der Waals surface area contributed by atoms with Crippen molar-refractivity contribution in [3.8, 4) is 0 Å². The van der Waals surface area contributed by atoms with Crippen LogP contribution in [-0.2, 0) is 0 Å². The third-order valence-corrected chi connectivity index (χ3v) is 5.96. The smallest absolute Gasteiger partial charge is 0.160 e. The minimum atomic E-state index is -0.109. The van der Waals surface area contributed by atoms with Crippen LogP contribution in [0.3, 0.4) is 0 Å². The predicted molar refractivity (Wildman–Crippen MR) is 145 cm³/mol. The molecule has 0 fully saturated rings. The van der Waals surface area contributed by atoms with Gasteiger partial charge in [0.25, 0.3) is 0 Å². The van der Waals surface area contributed by atoms with Gasteiger partial charge < -0.3 is 0 Å². The van der Waals surface area contributed by atoms with Gasteiger partial charge in [-0.2, -0.15) is 0 Å². The van der Waals surface area contributed by atoms with Gasteiger partial charge in [-0.05, 0) is 80.7 Å². The highest BCUT2D eigenvalue weighted by Crippen LogP contribution is 2.50. The molecule has 0 aromatic rings. The molecular formula is C30H35N3. The van der Waals surface area contributed by atoms with Crippen molar-refractivity contribution in [1.29, 1.82) is 0 Å². The van der Waals surface area contributed by atoms with E-state index in [9.17, 15) is 0 Å². The Balaban J connectivity index is 0.00000187. The maximum atomic E-state index is 4.94. The van der Waals surface area contributed by atoms with E-state index in [-0.39, 0.29) is 5.41 Å². The standard InChI is InChI=1S/C28H31N3.C2H4/c1-7-9-17-22-20(3)28(4,5)24-19-14-13-18-23(25(22)24)27(29-6)31-26(30-8-2)21-15-11-10-12-16-21;1-2/h7-8,11,13,15-19H,10,12H2,1-6H3;1-2H2. The molecule has 0 saturated heterocycles. The third kappa shape index (κ3) is 5.46. The van der Waals surface area contributed by atoms with E-state index in [1.807, 2.05) is 26.0 Å². The lowest BCUT2D eigenvalue weighted by Gasteiger charge is -2.23. The molecule has 0 spiro atoms. The van der Waals surface area contributed by atoms with E-state index >= 15 is 0 Å². The maximum Gasteiger partial charge on any atom is 0.160 e. The molecule has 0 saturated carbocycles. The summed E-state index contributed by atoms with van der Waals surface area (Å²) in [5.74, 6) is 1.35. The summed E-state index contributed by atoms with van der Waals surface area (Å²) >= 11 is 0. The Labute approximate surface area is 199 Å². The molecule has 3 rings (SSSR count). The number of nitrogens with zero attached hydrogens (tertiary/aromatic N) is 3. The van der Waals surface area contributed by atoms with Crippen LogP contribution in [0.2, 0.25) is 0 Å². The first-order valence-corrected chi connectivity index (χ1v) is 11.3. The molecule has 170 valence electrons. The Morgan fingerprint density at radius 3 is 2.55 bits per heavy atom. The first kappa shape index (κ1) is 25.7. The average Bonchev–Trinajstić information content (AvgIpc) is 2.98. The normalized spacial score (nSPS) is 19.5. The van der Waals surface area contributed by atoms with Crippen LogP contribution in [0.25, 0.3) is 0 Å². The monoisotopic (exact) mass is 437 g/mol. The predicted octanol–water partition coefficient (Wildman–Crippen LogP) is 7.62. The first-order chi connectivity index (χ1) is 16.0. The fourth-order valence-corrected chi connectivity index (χ4v) is 4.01. The van der Waals surface area contributed by atoms with E-state index < -0.39 is 0 Å². The van der Waals surface area contributed by atoms with Gasteiger partial charge in [0.1, 0.15) is 0 Å². The van der Waals surface area contributed by atoms with Gasteiger partial charge in [-0.15, -0.1) is 24.6 Å². The SMILES string of the molecule is C=C.CC=C=CC1=C(C)C(C)(C)C2=C1C(C(N=C(N=CC)C1=CCCC=C1)=NC)=CC=C=C2. The molecule has 33 heavy (non-hydrogen) atoms. The lowest BCUT2D eigenvalue weighted by molar-refractivity contribution is 0.562. The number of aliphatic imine (C=N–C) groups is 3. The van der Waals surface area contributed by atoms with Crippen LogP contribution in [0.1, 0.15) is 47.5 Å². The molecule has 0 N–H and O–H groups in total. The molecule has 0 radical (unpaired) electrons. The zero-order valence-corrected chi connectivity index (χ0v) is 20.9. The van der Waals surface area contributed by atoms with E-state index in [0.29, 0.717) is 11.7 Å². The average molecular weight is 438 g/mol. The van der Waals surface area contributed by atoms with E-state index in [4.69, 9.17) is 4.99 Å². The minimum absolute atomic E-state index is 0.109. The summed E-state index contributed by atoms with van der Waals surface area (Å²) in [5.41, 5.74) is 13.3. The van der Waals surface area contributed by atoms with Crippen molar-refractivity contribution in [2.75, 3.05) is 7.05 Å². The molecule has 0 amide bonds. The lowest BCUT2D eigenvalue weighted by atomic mass is 9.80. The molecule has 3 nitrogen and oxygen atoms in total. The van der Waals surface area contributed by atoms with E-state index in [2.05, 4.69) is 91.8 Å². The molecular weight excluding hydrogens is 402 g/mol. The van der Waals surface area contributed by atoms with Crippen LogP contribution >= 0.6 is 0 Å². The van der Waals surface area contributed by atoms with E-state index in [1.54, 1.807) is 13.3 Å². The molecule has 0 aliphatic heterocycles. The molecule has 0 unspecified atom stereocenters. The molecule has 0 heterocycles. The fourth-order valence-electron chi connectivity index (χ4n) is 4.01. The van der Waals surface area contributed by atoms with Gasteiger partial charge in [0.2, 0.25) is 0 Å². The van der Waals surface area contributed by atoms with Gasteiger partial charge in [0, 0.05) is 29.8 Å². The van der Waals surface area contributed by atoms with Crippen molar-refractivity contribution >= 4 is 17.9 Å². The summed E-state index contributed by atoms with van der Waals surface area (Å²) in [6, 6.07) is 0. The van der Waals surface area contributed by atoms with Crippen molar-refractivity contribution < 1.29 is 0 Å². The molecule has 0 atom stereocenters. The van der Waals surface area contributed by atoms with Crippen molar-refractivity contribution in [2.45, 2.75) is 47.5 Å². The Kier molecular flexibility index (Phi) is 9.30. The van der Waals surface area contributed by atoms with Crippen molar-refractivity contribution in [2.24, 2.45) is 20.4 Å². The van der Waals surface area contributed by atoms with Crippen LogP contribution < -0.4 is 0 Å². The number of rotatable bonds is 3. The van der Waals surface area contributed by atoms with Crippen molar-refractivity contribution in [3.63, 3.8) is 0 Å². The zero-order valence-electron chi connectivity index (χ0n) is 20.9. The summed E-state index contributed by atoms with van der Waals surface area (Å²) < 4.78 is 0. The maximum absolute atomic E-state index is 4.94. The number of allylic oxidation sites excluding steroid dienone is 8. The molecule has 0 aromatic heterocycles. The van der Waals surface area contributed by atoms with Crippen LogP contribution in [0, 0.1) is 5.41 Å². The highest BCUT2D eigenvalue weighted by molar-refractivity contribution is 6.16. The second kappa shape index (κ2) is 11.9. The Morgan fingerprint density at radius 1 is 1.18 bits per heavy atom. The summed E-state index contributed by atoms with van der Waals surface area (Å²) in [7, 11) is 1.79. The fraction of sp³-hybridized carbons (Fsp3) is 0.300. The first-order valence-electron chi connectivity index (χ1n) is 11.3.